The van der Waals surface area contributed by atoms with Gasteiger partial charge in [0.15, 0.2) is 0 Å². The van der Waals surface area contributed by atoms with Gasteiger partial charge in [-0.1, -0.05) is 43.3 Å². The van der Waals surface area contributed by atoms with Crippen LogP contribution in [0.3, 0.4) is 0 Å². The van der Waals surface area contributed by atoms with Crippen molar-refractivity contribution in [3.8, 4) is 0 Å². The van der Waals surface area contributed by atoms with Crippen molar-refractivity contribution in [3.63, 3.8) is 0 Å². The number of hydrogen-bond acceptors (Lipinski definition) is 5. The first kappa shape index (κ1) is 21.8. The Hall–Kier alpha value is -3.71. The number of aromatic nitrogens is 1. The summed E-state index contributed by atoms with van der Waals surface area (Å²) in [5.41, 5.74) is 3.99. The number of nitrogens with zero attached hydrogens (tertiary/aromatic N) is 4. The first-order valence-corrected chi connectivity index (χ1v) is 12.2. The van der Waals surface area contributed by atoms with Crippen molar-refractivity contribution in [2.45, 2.75) is 32.5 Å². The molecule has 178 valence electrons. The van der Waals surface area contributed by atoms with Crippen LogP contribution >= 0.6 is 0 Å². The van der Waals surface area contributed by atoms with Crippen molar-refractivity contribution in [3.05, 3.63) is 77.7 Å². The van der Waals surface area contributed by atoms with Gasteiger partial charge in [0, 0.05) is 55.1 Å². The van der Waals surface area contributed by atoms with Crippen LogP contribution in [0.1, 0.15) is 23.8 Å². The molecule has 2 aliphatic rings. The maximum Gasteiger partial charge on any atom is 0.247 e. The molecule has 1 unspecified atom stereocenters. The Morgan fingerprint density at radius 1 is 0.971 bits per heavy atom. The molecule has 2 aromatic heterocycles. The highest BCUT2D eigenvalue weighted by Crippen LogP contribution is 2.29. The van der Waals surface area contributed by atoms with Crippen LogP contribution in [0, 0.1) is 0 Å². The third-order valence-electron chi connectivity index (χ3n) is 7.29. The summed E-state index contributed by atoms with van der Waals surface area (Å²) < 4.78 is 6.03. The minimum atomic E-state index is -0.457. The molecule has 35 heavy (non-hydrogen) atoms. The molecule has 2 saturated heterocycles. The Morgan fingerprint density at radius 2 is 1.83 bits per heavy atom. The second kappa shape index (κ2) is 8.82. The maximum atomic E-state index is 13.6. The summed E-state index contributed by atoms with van der Waals surface area (Å²) >= 11 is 0. The van der Waals surface area contributed by atoms with Crippen molar-refractivity contribution in [2.24, 2.45) is 0 Å². The number of rotatable bonds is 5. The summed E-state index contributed by atoms with van der Waals surface area (Å²) in [5, 5.41) is 2.14. The zero-order chi connectivity index (χ0) is 23.9. The van der Waals surface area contributed by atoms with Gasteiger partial charge in [-0.15, -0.1) is 0 Å². The topological polar surface area (TPSA) is 69.9 Å². The number of furan rings is 1. The van der Waals surface area contributed by atoms with Crippen LogP contribution in [-0.2, 0) is 29.1 Å². The molecule has 1 atom stereocenters. The van der Waals surface area contributed by atoms with Crippen LogP contribution < -0.4 is 0 Å². The lowest BCUT2D eigenvalue weighted by Gasteiger charge is -2.46. The summed E-state index contributed by atoms with van der Waals surface area (Å²) in [4.78, 5) is 36.9. The first-order chi connectivity index (χ1) is 17.1. The second-order valence-electron chi connectivity index (χ2n) is 9.37. The largest absolute Gasteiger partial charge is 0.461 e. The molecule has 4 heterocycles. The van der Waals surface area contributed by atoms with Gasteiger partial charge in [-0.25, -0.2) is 0 Å². The molecule has 2 aromatic carbocycles. The first-order valence-electron chi connectivity index (χ1n) is 12.2. The van der Waals surface area contributed by atoms with Crippen LogP contribution in [-0.4, -0.2) is 63.7 Å². The Morgan fingerprint density at radius 3 is 2.71 bits per heavy atom. The predicted molar refractivity (Wildman–Crippen MR) is 134 cm³/mol. The van der Waals surface area contributed by atoms with Gasteiger partial charge in [0.1, 0.15) is 23.9 Å². The van der Waals surface area contributed by atoms with Crippen LogP contribution in [0.2, 0.25) is 0 Å². The molecule has 6 rings (SSSR count). The number of carbonyl (C=O) groups is 2. The number of amides is 2. The fourth-order valence-corrected chi connectivity index (χ4v) is 5.51. The van der Waals surface area contributed by atoms with E-state index in [1.54, 1.807) is 16.0 Å². The highest BCUT2D eigenvalue weighted by molar-refractivity contribution is 5.95. The number of para-hydroxylation sites is 1. The smallest absolute Gasteiger partial charge is 0.247 e. The third-order valence-corrected chi connectivity index (χ3v) is 7.29. The van der Waals surface area contributed by atoms with E-state index in [-0.39, 0.29) is 18.4 Å². The summed E-state index contributed by atoms with van der Waals surface area (Å²) in [6, 6.07) is 17.6. The number of pyridine rings is 1. The number of aryl methyl sites for hydroxylation is 1. The Labute approximate surface area is 203 Å². The number of fused-ring (bicyclic) bond motifs is 3. The lowest BCUT2D eigenvalue weighted by Crippen LogP contribution is -2.66. The van der Waals surface area contributed by atoms with Gasteiger partial charge < -0.3 is 14.2 Å². The summed E-state index contributed by atoms with van der Waals surface area (Å²) in [7, 11) is 0. The molecule has 0 radical (unpaired) electrons. The zero-order valence-electron chi connectivity index (χ0n) is 19.8. The van der Waals surface area contributed by atoms with Gasteiger partial charge in [0.25, 0.3) is 0 Å². The molecule has 0 saturated carbocycles. The summed E-state index contributed by atoms with van der Waals surface area (Å²) in [6.45, 7) is 5.14. The highest BCUT2D eigenvalue weighted by atomic mass is 16.3. The van der Waals surface area contributed by atoms with Crippen molar-refractivity contribution in [1.82, 2.24) is 19.7 Å². The molecule has 7 nitrogen and oxygen atoms in total. The molecule has 4 aromatic rings. The minimum absolute atomic E-state index is 0.0150. The van der Waals surface area contributed by atoms with Gasteiger partial charge in [-0.3, -0.25) is 19.5 Å². The molecule has 0 N–H and O–H groups in total. The van der Waals surface area contributed by atoms with Gasteiger partial charge in [0.2, 0.25) is 11.8 Å². The fourth-order valence-electron chi connectivity index (χ4n) is 5.51. The third kappa shape index (κ3) is 3.86. The van der Waals surface area contributed by atoms with Crippen molar-refractivity contribution >= 4 is 33.7 Å². The lowest BCUT2D eigenvalue weighted by atomic mass is 10.0. The van der Waals surface area contributed by atoms with E-state index < -0.39 is 6.04 Å². The number of benzene rings is 2. The number of hydrogen-bond donors (Lipinski definition) is 0. The van der Waals surface area contributed by atoms with Gasteiger partial charge in [0.05, 0.1) is 12.1 Å². The van der Waals surface area contributed by atoms with E-state index in [0.717, 1.165) is 52.7 Å². The Balaban J connectivity index is 1.24. The van der Waals surface area contributed by atoms with E-state index in [1.807, 2.05) is 49.4 Å². The van der Waals surface area contributed by atoms with Crippen LogP contribution in [0.15, 0.2) is 65.2 Å². The molecule has 7 heteroatoms. The predicted octanol–water partition coefficient (Wildman–Crippen LogP) is 3.60. The molecule has 0 bridgehead atoms. The van der Waals surface area contributed by atoms with Crippen LogP contribution in [0.25, 0.3) is 21.9 Å². The van der Waals surface area contributed by atoms with E-state index in [0.29, 0.717) is 19.6 Å². The SMILES string of the molecule is CCc1oc2ccccc2c1CN1CC(=O)N2CCN(Cc3cccc4ncccc34)CC2C1=O. The monoisotopic (exact) mass is 468 g/mol. The Bertz CT molecular complexity index is 1420. The molecule has 2 aliphatic heterocycles. The number of carbonyl (C=O) groups excluding carboxylic acids is 2. The molecular formula is C28H28N4O3. The molecule has 2 fully saturated rings. The molecular weight excluding hydrogens is 440 g/mol. The minimum Gasteiger partial charge on any atom is -0.461 e. The van der Waals surface area contributed by atoms with Crippen molar-refractivity contribution in [1.29, 1.82) is 0 Å². The normalized spacial score (nSPS) is 19.1. The van der Waals surface area contributed by atoms with Gasteiger partial charge in [-0.05, 0) is 23.8 Å². The average molecular weight is 469 g/mol. The standard InChI is InChI=1S/C28H28N4O3/c1-2-25-22(21-8-3-4-11-26(21)35-25)16-31-18-27(33)32-14-13-30(17-24(32)28(31)34)15-19-7-5-10-23-20(19)9-6-12-29-23/h3-12,24H,2,13-18H2,1H3. The van der Waals surface area contributed by atoms with E-state index in [9.17, 15) is 9.59 Å². The van der Waals surface area contributed by atoms with Crippen LogP contribution in [0.4, 0.5) is 0 Å². The summed E-state index contributed by atoms with van der Waals surface area (Å²) in [5.74, 6) is 0.916. The van der Waals surface area contributed by atoms with Gasteiger partial charge in [-0.2, -0.15) is 0 Å². The highest BCUT2D eigenvalue weighted by Gasteiger charge is 2.42. The molecule has 0 aliphatic carbocycles. The zero-order valence-corrected chi connectivity index (χ0v) is 19.8. The van der Waals surface area contributed by atoms with Crippen LogP contribution in [0.5, 0.6) is 0 Å². The second-order valence-corrected chi connectivity index (χ2v) is 9.37. The van der Waals surface area contributed by atoms with Gasteiger partial charge >= 0.3 is 0 Å². The van der Waals surface area contributed by atoms with E-state index in [2.05, 4.69) is 22.0 Å². The van der Waals surface area contributed by atoms with Crippen molar-refractivity contribution < 1.29 is 14.0 Å². The van der Waals surface area contributed by atoms with E-state index in [1.165, 1.54) is 5.56 Å². The lowest BCUT2D eigenvalue weighted by molar-refractivity contribution is -0.160. The Kier molecular flexibility index (Phi) is 5.49. The maximum absolute atomic E-state index is 13.6. The fraction of sp³-hybridized carbons (Fsp3) is 0.321. The quantitative estimate of drug-likeness (QED) is 0.448. The summed E-state index contributed by atoms with van der Waals surface area (Å²) in [6.07, 6.45) is 2.54. The van der Waals surface area contributed by atoms with E-state index in [4.69, 9.17) is 4.42 Å². The molecule has 2 amide bonds. The van der Waals surface area contributed by atoms with Crippen molar-refractivity contribution in [2.75, 3.05) is 26.2 Å². The molecule has 0 spiro atoms. The average Bonchev–Trinajstić information content (AvgIpc) is 3.25. The van der Waals surface area contributed by atoms with E-state index >= 15 is 0 Å². The number of piperazine rings is 2.